The summed E-state index contributed by atoms with van der Waals surface area (Å²) in [6.45, 7) is 0. The Morgan fingerprint density at radius 1 is 1.11 bits per heavy atom. The number of thioether (sulfide) groups is 1. The summed E-state index contributed by atoms with van der Waals surface area (Å²) in [6.07, 6.45) is 6.76. The summed E-state index contributed by atoms with van der Waals surface area (Å²) < 4.78 is 5.37. The molecule has 100 valence electrons. The van der Waals surface area contributed by atoms with E-state index >= 15 is 0 Å². The lowest BCUT2D eigenvalue weighted by atomic mass is 10.0. The Morgan fingerprint density at radius 2 is 1.84 bits per heavy atom. The topological polar surface area (TPSA) is 25.8 Å². The van der Waals surface area contributed by atoms with Crippen LogP contribution in [0.15, 0.2) is 28.5 Å². The van der Waals surface area contributed by atoms with E-state index < -0.39 is 0 Å². The molecule has 1 aliphatic carbocycles. The molecule has 1 fully saturated rings. The van der Waals surface area contributed by atoms with Crippen LogP contribution in [0, 0.1) is 0 Å². The second-order valence-corrected chi connectivity index (χ2v) is 7.55. The quantitative estimate of drug-likeness (QED) is 0.771. The highest BCUT2D eigenvalue weighted by atomic mass is 35.5. The van der Waals surface area contributed by atoms with Gasteiger partial charge in [0.2, 0.25) is 0 Å². The van der Waals surface area contributed by atoms with E-state index in [1.165, 1.54) is 47.8 Å². The van der Waals surface area contributed by atoms with Gasteiger partial charge in [0, 0.05) is 15.8 Å². The minimum absolute atomic E-state index is 0.738. The normalized spacial score (nSPS) is 16.7. The third-order valence-electron chi connectivity index (χ3n) is 3.40. The van der Waals surface area contributed by atoms with Crippen molar-refractivity contribution in [2.45, 2.75) is 41.6 Å². The fourth-order valence-corrected chi connectivity index (χ4v) is 4.77. The lowest BCUT2D eigenvalue weighted by Gasteiger charge is -2.20. The molecule has 3 rings (SSSR count). The summed E-state index contributed by atoms with van der Waals surface area (Å²) in [5.74, 6) is 0. The van der Waals surface area contributed by atoms with Gasteiger partial charge in [-0.15, -0.1) is 16.9 Å². The van der Waals surface area contributed by atoms with Crippen LogP contribution in [0.2, 0.25) is 5.02 Å². The maximum atomic E-state index is 5.93. The molecule has 0 atom stereocenters. The standard InChI is InChI=1S/C14H15ClN2S2/c15-11-8-6-10(7-9-11)13-14(19-17-16-13)18-12-4-2-1-3-5-12/h6-9,12H,1-5H2. The zero-order valence-electron chi connectivity index (χ0n) is 10.5. The van der Waals surface area contributed by atoms with E-state index in [1.807, 2.05) is 36.0 Å². The van der Waals surface area contributed by atoms with Crippen molar-refractivity contribution >= 4 is 34.9 Å². The first kappa shape index (κ1) is 13.4. The van der Waals surface area contributed by atoms with Crippen LogP contribution >= 0.6 is 34.9 Å². The molecule has 19 heavy (non-hydrogen) atoms. The van der Waals surface area contributed by atoms with Crippen LogP contribution in [0.4, 0.5) is 0 Å². The molecule has 2 aromatic rings. The molecule has 1 saturated carbocycles. The number of aromatic nitrogens is 2. The number of rotatable bonds is 3. The van der Waals surface area contributed by atoms with Crippen LogP contribution in [0.25, 0.3) is 11.3 Å². The molecule has 0 amide bonds. The minimum atomic E-state index is 0.738. The molecule has 5 heteroatoms. The van der Waals surface area contributed by atoms with Gasteiger partial charge in [-0.1, -0.05) is 47.5 Å². The van der Waals surface area contributed by atoms with Gasteiger partial charge in [-0.05, 0) is 36.5 Å². The van der Waals surface area contributed by atoms with Crippen molar-refractivity contribution in [1.82, 2.24) is 9.59 Å². The first-order valence-electron chi connectivity index (χ1n) is 6.58. The third-order valence-corrected chi connectivity index (χ3v) is 5.90. The second-order valence-electron chi connectivity index (χ2n) is 4.79. The molecular formula is C14H15ClN2S2. The zero-order valence-corrected chi connectivity index (χ0v) is 12.9. The van der Waals surface area contributed by atoms with E-state index in [0.29, 0.717) is 0 Å². The maximum Gasteiger partial charge on any atom is 0.119 e. The summed E-state index contributed by atoms with van der Waals surface area (Å²) in [4.78, 5) is 0. The zero-order chi connectivity index (χ0) is 13.1. The van der Waals surface area contributed by atoms with E-state index in [1.54, 1.807) is 0 Å². The summed E-state index contributed by atoms with van der Waals surface area (Å²) in [5.41, 5.74) is 2.12. The van der Waals surface area contributed by atoms with Crippen molar-refractivity contribution in [2.75, 3.05) is 0 Å². The SMILES string of the molecule is Clc1ccc(-c2nnsc2SC2CCCCC2)cc1. The highest BCUT2D eigenvalue weighted by Gasteiger charge is 2.19. The molecule has 1 aromatic carbocycles. The van der Waals surface area contributed by atoms with Crippen molar-refractivity contribution in [1.29, 1.82) is 0 Å². The molecule has 1 aromatic heterocycles. The van der Waals surface area contributed by atoms with Crippen LogP contribution in [0.1, 0.15) is 32.1 Å². The van der Waals surface area contributed by atoms with E-state index in [4.69, 9.17) is 11.6 Å². The van der Waals surface area contributed by atoms with Gasteiger partial charge in [0.15, 0.2) is 0 Å². The molecule has 1 heterocycles. The Morgan fingerprint density at radius 3 is 2.58 bits per heavy atom. The molecule has 0 saturated heterocycles. The number of benzene rings is 1. The maximum absolute atomic E-state index is 5.93. The summed E-state index contributed by atoms with van der Waals surface area (Å²) in [5, 5.41) is 5.78. The molecule has 0 radical (unpaired) electrons. The van der Waals surface area contributed by atoms with Crippen molar-refractivity contribution in [3.8, 4) is 11.3 Å². The number of nitrogens with zero attached hydrogens (tertiary/aromatic N) is 2. The Kier molecular flexibility index (Phi) is 4.41. The highest BCUT2D eigenvalue weighted by molar-refractivity contribution is 8.01. The van der Waals surface area contributed by atoms with E-state index in [-0.39, 0.29) is 0 Å². The van der Waals surface area contributed by atoms with Gasteiger partial charge in [0.1, 0.15) is 9.90 Å². The lowest BCUT2D eigenvalue weighted by molar-refractivity contribution is 0.516. The molecule has 2 nitrogen and oxygen atoms in total. The highest BCUT2D eigenvalue weighted by Crippen LogP contribution is 2.39. The van der Waals surface area contributed by atoms with E-state index in [2.05, 4.69) is 9.59 Å². The lowest BCUT2D eigenvalue weighted by Crippen LogP contribution is -2.07. The Bertz CT molecular complexity index is 533. The molecule has 1 aliphatic rings. The molecule has 0 spiro atoms. The van der Waals surface area contributed by atoms with E-state index in [0.717, 1.165) is 21.5 Å². The average Bonchev–Trinajstić information content (AvgIpc) is 2.89. The largest absolute Gasteiger partial charge is 0.137 e. The molecule has 0 unspecified atom stereocenters. The molecule has 0 bridgehead atoms. The van der Waals surface area contributed by atoms with Crippen molar-refractivity contribution < 1.29 is 0 Å². The van der Waals surface area contributed by atoms with Gasteiger partial charge in [-0.2, -0.15) is 0 Å². The van der Waals surface area contributed by atoms with Crippen LogP contribution in [-0.4, -0.2) is 14.8 Å². The number of hydrogen-bond acceptors (Lipinski definition) is 4. The predicted molar refractivity (Wildman–Crippen MR) is 83.1 cm³/mol. The van der Waals surface area contributed by atoms with Gasteiger partial charge in [0.05, 0.1) is 0 Å². The fourth-order valence-electron chi connectivity index (χ4n) is 2.38. The van der Waals surface area contributed by atoms with Crippen molar-refractivity contribution in [3.63, 3.8) is 0 Å². The first-order chi connectivity index (χ1) is 9.33. The van der Waals surface area contributed by atoms with Crippen LogP contribution in [0.3, 0.4) is 0 Å². The van der Waals surface area contributed by atoms with Crippen LogP contribution in [0.5, 0.6) is 0 Å². The minimum Gasteiger partial charge on any atom is -0.137 e. The third kappa shape index (κ3) is 3.30. The Labute approximate surface area is 126 Å². The smallest absolute Gasteiger partial charge is 0.119 e. The van der Waals surface area contributed by atoms with Crippen LogP contribution in [-0.2, 0) is 0 Å². The monoisotopic (exact) mass is 310 g/mol. The summed E-state index contributed by atoms with van der Waals surface area (Å²) in [6, 6.07) is 7.85. The summed E-state index contributed by atoms with van der Waals surface area (Å²) in [7, 11) is 0. The first-order valence-corrected chi connectivity index (χ1v) is 8.61. The second kappa shape index (κ2) is 6.25. The number of halogens is 1. The predicted octanol–water partition coefficient (Wildman–Crippen LogP) is 5.28. The molecule has 0 aliphatic heterocycles. The van der Waals surface area contributed by atoms with Crippen LogP contribution < -0.4 is 0 Å². The van der Waals surface area contributed by atoms with Gasteiger partial charge >= 0.3 is 0 Å². The van der Waals surface area contributed by atoms with Gasteiger partial charge in [-0.25, -0.2) is 0 Å². The van der Waals surface area contributed by atoms with E-state index in [9.17, 15) is 0 Å². The Hall–Kier alpha value is -0.580. The Balaban J connectivity index is 1.79. The van der Waals surface area contributed by atoms with Crippen molar-refractivity contribution in [2.24, 2.45) is 0 Å². The summed E-state index contributed by atoms with van der Waals surface area (Å²) >= 11 is 9.40. The van der Waals surface area contributed by atoms with Gasteiger partial charge in [0.25, 0.3) is 0 Å². The van der Waals surface area contributed by atoms with Gasteiger partial charge in [-0.3, -0.25) is 0 Å². The van der Waals surface area contributed by atoms with Gasteiger partial charge < -0.3 is 0 Å². The number of hydrogen-bond donors (Lipinski definition) is 0. The average molecular weight is 311 g/mol. The molecule has 0 N–H and O–H groups in total. The molecular weight excluding hydrogens is 296 g/mol. The fraction of sp³-hybridized carbons (Fsp3) is 0.429. The van der Waals surface area contributed by atoms with Crippen molar-refractivity contribution in [3.05, 3.63) is 29.3 Å².